The zero-order valence-electron chi connectivity index (χ0n) is 11.9. The molecule has 0 fully saturated rings. The first-order valence-corrected chi connectivity index (χ1v) is 6.10. The number of aryl methyl sites for hydroxylation is 1. The molecular formula is C14H20Cl2N4O. The smallest absolute Gasteiger partial charge is 0.244 e. The number of imidazole rings is 1. The fourth-order valence-corrected chi connectivity index (χ4v) is 1.83. The third-order valence-electron chi connectivity index (χ3n) is 3.17. The van der Waals surface area contributed by atoms with E-state index in [0.29, 0.717) is 6.54 Å². The van der Waals surface area contributed by atoms with Crippen molar-refractivity contribution in [2.45, 2.75) is 19.0 Å². The Kier molecular flexibility index (Phi) is 7.43. The molecule has 0 saturated heterocycles. The quantitative estimate of drug-likeness (QED) is 0.897. The Balaban J connectivity index is 0.00000200. The SMILES string of the molecule is Cl.Cl.Cn1ccnc1CNC(=O)C(C)(N)c1ccccc1. The van der Waals surface area contributed by atoms with E-state index < -0.39 is 5.54 Å². The first-order valence-electron chi connectivity index (χ1n) is 6.10. The van der Waals surface area contributed by atoms with E-state index >= 15 is 0 Å². The summed E-state index contributed by atoms with van der Waals surface area (Å²) in [6.07, 6.45) is 3.53. The molecule has 21 heavy (non-hydrogen) atoms. The van der Waals surface area contributed by atoms with Crippen LogP contribution < -0.4 is 11.1 Å². The van der Waals surface area contributed by atoms with Gasteiger partial charge in [0.25, 0.3) is 0 Å². The first kappa shape index (κ1) is 19.4. The molecule has 5 nitrogen and oxygen atoms in total. The van der Waals surface area contributed by atoms with Crippen LogP contribution in [0.1, 0.15) is 18.3 Å². The number of hydrogen-bond acceptors (Lipinski definition) is 3. The molecule has 1 aromatic heterocycles. The van der Waals surface area contributed by atoms with Crippen molar-refractivity contribution in [1.29, 1.82) is 0 Å². The molecule has 0 radical (unpaired) electrons. The molecule has 3 N–H and O–H groups in total. The van der Waals surface area contributed by atoms with Crippen molar-refractivity contribution in [3.8, 4) is 0 Å². The number of halogens is 2. The van der Waals surface area contributed by atoms with Crippen molar-refractivity contribution in [2.75, 3.05) is 0 Å². The molecule has 0 saturated carbocycles. The van der Waals surface area contributed by atoms with Crippen molar-refractivity contribution in [3.05, 3.63) is 54.1 Å². The highest BCUT2D eigenvalue weighted by Gasteiger charge is 2.30. The summed E-state index contributed by atoms with van der Waals surface area (Å²) in [4.78, 5) is 16.3. The van der Waals surface area contributed by atoms with Crippen molar-refractivity contribution in [3.63, 3.8) is 0 Å². The van der Waals surface area contributed by atoms with Gasteiger partial charge in [-0.2, -0.15) is 0 Å². The van der Waals surface area contributed by atoms with Crippen LogP contribution >= 0.6 is 24.8 Å². The van der Waals surface area contributed by atoms with E-state index in [1.54, 1.807) is 13.1 Å². The van der Waals surface area contributed by atoms with E-state index in [2.05, 4.69) is 10.3 Å². The zero-order chi connectivity index (χ0) is 13.9. The molecule has 0 spiro atoms. The number of nitrogens with one attached hydrogen (secondary N) is 1. The maximum Gasteiger partial charge on any atom is 0.244 e. The largest absolute Gasteiger partial charge is 0.347 e. The molecule has 1 amide bonds. The topological polar surface area (TPSA) is 72.9 Å². The molecular weight excluding hydrogens is 311 g/mol. The number of hydrogen-bond donors (Lipinski definition) is 2. The second-order valence-electron chi connectivity index (χ2n) is 4.71. The first-order chi connectivity index (χ1) is 9.01. The van der Waals surface area contributed by atoms with Crippen LogP contribution in [-0.2, 0) is 23.9 Å². The van der Waals surface area contributed by atoms with Crippen molar-refractivity contribution in [1.82, 2.24) is 14.9 Å². The molecule has 1 heterocycles. The number of nitrogens with zero attached hydrogens (tertiary/aromatic N) is 2. The van der Waals surface area contributed by atoms with Crippen LogP contribution in [-0.4, -0.2) is 15.5 Å². The van der Waals surface area contributed by atoms with Gasteiger partial charge in [-0.1, -0.05) is 30.3 Å². The molecule has 0 bridgehead atoms. The van der Waals surface area contributed by atoms with Gasteiger partial charge in [0.2, 0.25) is 5.91 Å². The summed E-state index contributed by atoms with van der Waals surface area (Å²) in [5, 5.41) is 2.82. The lowest BCUT2D eigenvalue weighted by molar-refractivity contribution is -0.126. The van der Waals surface area contributed by atoms with E-state index in [-0.39, 0.29) is 30.7 Å². The van der Waals surface area contributed by atoms with Gasteiger partial charge in [0.05, 0.1) is 6.54 Å². The molecule has 1 atom stereocenters. The zero-order valence-corrected chi connectivity index (χ0v) is 13.6. The maximum atomic E-state index is 12.2. The fraction of sp³-hybridized carbons (Fsp3) is 0.286. The Labute approximate surface area is 136 Å². The lowest BCUT2D eigenvalue weighted by Crippen LogP contribution is -2.48. The fourth-order valence-electron chi connectivity index (χ4n) is 1.83. The lowest BCUT2D eigenvalue weighted by Gasteiger charge is -2.24. The maximum absolute atomic E-state index is 12.2. The number of amides is 1. The van der Waals surface area contributed by atoms with Gasteiger partial charge < -0.3 is 15.6 Å². The number of rotatable bonds is 4. The normalized spacial score (nSPS) is 12.5. The van der Waals surface area contributed by atoms with Gasteiger partial charge in [0, 0.05) is 19.4 Å². The van der Waals surface area contributed by atoms with E-state index in [1.807, 2.05) is 48.1 Å². The average molecular weight is 331 g/mol. The van der Waals surface area contributed by atoms with Crippen LogP contribution in [0, 0.1) is 0 Å². The number of nitrogens with two attached hydrogens (primary N) is 1. The minimum atomic E-state index is -1.05. The van der Waals surface area contributed by atoms with Crippen molar-refractivity contribution >= 4 is 30.7 Å². The monoisotopic (exact) mass is 330 g/mol. The van der Waals surface area contributed by atoms with Crippen LogP contribution in [0.5, 0.6) is 0 Å². The predicted molar refractivity (Wildman–Crippen MR) is 87.5 cm³/mol. The summed E-state index contributed by atoms with van der Waals surface area (Å²) in [6, 6.07) is 9.32. The summed E-state index contributed by atoms with van der Waals surface area (Å²) >= 11 is 0. The summed E-state index contributed by atoms with van der Waals surface area (Å²) in [7, 11) is 1.88. The van der Waals surface area contributed by atoms with Gasteiger partial charge in [-0.3, -0.25) is 4.79 Å². The Bertz CT molecular complexity index is 569. The second-order valence-corrected chi connectivity index (χ2v) is 4.71. The molecule has 0 aliphatic carbocycles. The van der Waals surface area contributed by atoms with E-state index in [4.69, 9.17) is 5.73 Å². The van der Waals surface area contributed by atoms with Crippen LogP contribution in [0.25, 0.3) is 0 Å². The summed E-state index contributed by atoms with van der Waals surface area (Å²) in [5.41, 5.74) is 5.86. The number of benzene rings is 1. The van der Waals surface area contributed by atoms with Crippen LogP contribution in [0.4, 0.5) is 0 Å². The van der Waals surface area contributed by atoms with Crippen LogP contribution in [0.2, 0.25) is 0 Å². The molecule has 0 aliphatic rings. The summed E-state index contributed by atoms with van der Waals surface area (Å²) in [6.45, 7) is 2.07. The van der Waals surface area contributed by atoms with E-state index in [1.165, 1.54) is 0 Å². The minimum Gasteiger partial charge on any atom is -0.347 e. The molecule has 2 rings (SSSR count). The molecule has 0 aliphatic heterocycles. The second kappa shape index (κ2) is 8.02. The molecule has 1 unspecified atom stereocenters. The highest BCUT2D eigenvalue weighted by molar-refractivity contribution is 5.87. The summed E-state index contributed by atoms with van der Waals surface area (Å²) in [5.74, 6) is 0.568. The van der Waals surface area contributed by atoms with Crippen LogP contribution in [0.15, 0.2) is 42.7 Å². The Hall–Kier alpha value is -1.56. The number of carbonyl (C=O) groups excluding carboxylic acids is 1. The van der Waals surface area contributed by atoms with Crippen molar-refractivity contribution in [2.24, 2.45) is 12.8 Å². The third kappa shape index (κ3) is 4.46. The van der Waals surface area contributed by atoms with Gasteiger partial charge >= 0.3 is 0 Å². The highest BCUT2D eigenvalue weighted by Crippen LogP contribution is 2.17. The lowest BCUT2D eigenvalue weighted by atomic mass is 9.92. The van der Waals surface area contributed by atoms with E-state index in [0.717, 1.165) is 11.4 Å². The molecule has 2 aromatic rings. The third-order valence-corrected chi connectivity index (χ3v) is 3.17. The molecule has 7 heteroatoms. The highest BCUT2D eigenvalue weighted by atomic mass is 35.5. The van der Waals surface area contributed by atoms with E-state index in [9.17, 15) is 4.79 Å². The van der Waals surface area contributed by atoms with Crippen LogP contribution in [0.3, 0.4) is 0 Å². The van der Waals surface area contributed by atoms with Crippen molar-refractivity contribution < 1.29 is 4.79 Å². The number of aromatic nitrogens is 2. The van der Waals surface area contributed by atoms with Gasteiger partial charge in [-0.05, 0) is 12.5 Å². The molecule has 1 aromatic carbocycles. The average Bonchev–Trinajstić information content (AvgIpc) is 2.82. The standard InChI is InChI=1S/C14H18N4O.2ClH/c1-14(15,11-6-4-3-5-7-11)13(19)17-10-12-16-8-9-18(12)2;;/h3-9H,10,15H2,1-2H3,(H,17,19);2*1H. The van der Waals surface area contributed by atoms with Gasteiger partial charge in [-0.25, -0.2) is 4.98 Å². The predicted octanol–water partition coefficient (Wildman–Crippen LogP) is 1.75. The number of carbonyl (C=O) groups is 1. The Morgan fingerprint density at radius 2 is 1.95 bits per heavy atom. The van der Waals surface area contributed by atoms with Gasteiger partial charge in [0.15, 0.2) is 0 Å². The Morgan fingerprint density at radius 3 is 2.48 bits per heavy atom. The minimum absolute atomic E-state index is 0. The Morgan fingerprint density at radius 1 is 1.33 bits per heavy atom. The van der Waals surface area contributed by atoms with Gasteiger partial charge in [0.1, 0.15) is 11.4 Å². The van der Waals surface area contributed by atoms with Gasteiger partial charge in [-0.15, -0.1) is 24.8 Å². The summed E-state index contributed by atoms with van der Waals surface area (Å²) < 4.78 is 1.86. The molecule has 116 valence electrons.